The lowest BCUT2D eigenvalue weighted by Crippen LogP contribution is -2.65. The van der Waals surface area contributed by atoms with E-state index in [1.54, 1.807) is 31.7 Å². The van der Waals surface area contributed by atoms with Gasteiger partial charge in [0.15, 0.2) is 5.65 Å². The molecule has 208 valence electrons. The first kappa shape index (κ1) is 26.5. The number of ether oxygens (including phenoxy) is 2. The second kappa shape index (κ2) is 8.99. The first-order valence-electron chi connectivity index (χ1n) is 12.1. The number of carbonyl (C=O) groups is 2. The van der Waals surface area contributed by atoms with Crippen LogP contribution in [0.5, 0.6) is 5.75 Å². The van der Waals surface area contributed by atoms with Gasteiger partial charge in [0.25, 0.3) is 5.91 Å². The molecule has 2 fully saturated rings. The third-order valence-corrected chi connectivity index (χ3v) is 6.47. The fourth-order valence-corrected chi connectivity index (χ4v) is 4.58. The number of nitrogens with zero attached hydrogens (tertiary/aromatic N) is 5. The number of primary amides is 1. The summed E-state index contributed by atoms with van der Waals surface area (Å²) in [6, 6.07) is 6.80. The Kier molecular flexibility index (Phi) is 6.11. The Bertz CT molecular complexity index is 1420. The molecule has 14 heteroatoms. The molecule has 5 rings (SSSR count). The van der Waals surface area contributed by atoms with Gasteiger partial charge in [-0.2, -0.15) is 5.10 Å². The number of nitrogens with two attached hydrogens (primary N) is 1. The van der Waals surface area contributed by atoms with E-state index in [0.29, 0.717) is 41.2 Å². The van der Waals surface area contributed by atoms with E-state index < -0.39 is 35.4 Å². The molecule has 0 aliphatic carbocycles. The van der Waals surface area contributed by atoms with E-state index in [-0.39, 0.29) is 19.0 Å². The molecule has 2 aliphatic heterocycles. The van der Waals surface area contributed by atoms with Crippen LogP contribution >= 0.6 is 0 Å². The molecule has 0 radical (unpaired) electrons. The molecule has 4 heterocycles. The highest BCUT2D eigenvalue weighted by Crippen LogP contribution is 2.41. The molecule has 0 saturated carbocycles. The third-order valence-electron chi connectivity index (χ3n) is 6.47. The molecule has 10 nitrogen and oxygen atoms in total. The summed E-state index contributed by atoms with van der Waals surface area (Å²) in [5.41, 5.74) is 4.32. The molecule has 1 aromatic carbocycles. The minimum Gasteiger partial charge on any atom is -0.444 e. The first-order chi connectivity index (χ1) is 18.1. The van der Waals surface area contributed by atoms with Crippen molar-refractivity contribution in [3.05, 3.63) is 42.2 Å². The molecular formula is C25H26F4N6O4. The molecule has 2 N–H and O–H groups in total. The van der Waals surface area contributed by atoms with Crippen molar-refractivity contribution in [2.24, 2.45) is 5.73 Å². The zero-order valence-electron chi connectivity index (χ0n) is 21.3. The lowest BCUT2D eigenvalue weighted by Gasteiger charge is -2.44. The van der Waals surface area contributed by atoms with Crippen molar-refractivity contribution in [1.29, 1.82) is 0 Å². The highest BCUT2D eigenvalue weighted by atomic mass is 19.4. The number of hydrogen-bond donors (Lipinski definition) is 1. The predicted molar refractivity (Wildman–Crippen MR) is 131 cm³/mol. The van der Waals surface area contributed by atoms with Gasteiger partial charge in [-0.1, -0.05) is 0 Å². The fourth-order valence-electron chi connectivity index (χ4n) is 4.58. The molecule has 2 aromatic heterocycles. The van der Waals surface area contributed by atoms with Gasteiger partial charge in [-0.3, -0.25) is 4.79 Å². The SMILES string of the molecule is CC(C)(C)OC(=O)N1CC(c2nn(-c3ccc(OC(F)(F)F)cc3)c3nccc(N4CC(F)(C(N)=O)C4)c23)C1. The van der Waals surface area contributed by atoms with Gasteiger partial charge < -0.3 is 25.0 Å². The van der Waals surface area contributed by atoms with Gasteiger partial charge in [0.2, 0.25) is 5.67 Å². The molecule has 0 bridgehead atoms. The average Bonchev–Trinajstić information content (AvgIpc) is 3.13. The topological polar surface area (TPSA) is 116 Å². The van der Waals surface area contributed by atoms with Gasteiger partial charge >= 0.3 is 12.5 Å². The number of likely N-dealkylation sites (tertiary alicyclic amines) is 1. The highest BCUT2D eigenvalue weighted by Gasteiger charge is 2.50. The van der Waals surface area contributed by atoms with Crippen molar-refractivity contribution in [1.82, 2.24) is 19.7 Å². The van der Waals surface area contributed by atoms with Crippen LogP contribution in [0.1, 0.15) is 32.4 Å². The van der Waals surface area contributed by atoms with E-state index in [2.05, 4.69) is 9.72 Å². The van der Waals surface area contributed by atoms with Crippen LogP contribution in [0.3, 0.4) is 0 Å². The van der Waals surface area contributed by atoms with Crippen LogP contribution in [0.2, 0.25) is 0 Å². The molecule has 39 heavy (non-hydrogen) atoms. The number of aromatic nitrogens is 3. The van der Waals surface area contributed by atoms with Crippen LogP contribution in [-0.2, 0) is 9.53 Å². The van der Waals surface area contributed by atoms with E-state index >= 15 is 0 Å². The van der Waals surface area contributed by atoms with Crippen molar-refractivity contribution in [3.63, 3.8) is 0 Å². The number of carbonyl (C=O) groups excluding carboxylic acids is 2. The summed E-state index contributed by atoms with van der Waals surface area (Å²) in [4.78, 5) is 31.7. The van der Waals surface area contributed by atoms with E-state index in [4.69, 9.17) is 15.6 Å². The fraction of sp³-hybridized carbons (Fsp3) is 0.440. The van der Waals surface area contributed by atoms with Crippen molar-refractivity contribution in [2.45, 2.75) is 44.3 Å². The number of halogens is 4. The minimum absolute atomic E-state index is 0.218. The van der Waals surface area contributed by atoms with E-state index in [1.165, 1.54) is 27.9 Å². The van der Waals surface area contributed by atoms with Gasteiger partial charge in [0.1, 0.15) is 11.4 Å². The maximum absolute atomic E-state index is 14.7. The van der Waals surface area contributed by atoms with Crippen molar-refractivity contribution < 1.29 is 36.6 Å². The summed E-state index contributed by atoms with van der Waals surface area (Å²) in [6.07, 6.45) is -3.80. The second-order valence-corrected chi connectivity index (χ2v) is 10.6. The Morgan fingerprint density at radius 3 is 2.28 bits per heavy atom. The van der Waals surface area contributed by atoms with Crippen molar-refractivity contribution in [3.8, 4) is 11.4 Å². The highest BCUT2D eigenvalue weighted by molar-refractivity contribution is 5.96. The number of rotatable bonds is 5. The summed E-state index contributed by atoms with van der Waals surface area (Å²) in [6.45, 7) is 5.43. The summed E-state index contributed by atoms with van der Waals surface area (Å²) in [5, 5.41) is 5.30. The molecule has 2 amide bonds. The van der Waals surface area contributed by atoms with Crippen LogP contribution in [0.25, 0.3) is 16.7 Å². The Hall–Kier alpha value is -4.10. The predicted octanol–water partition coefficient (Wildman–Crippen LogP) is 3.67. The van der Waals surface area contributed by atoms with E-state index in [0.717, 1.165) is 12.1 Å². The Labute approximate surface area is 220 Å². The maximum Gasteiger partial charge on any atom is 0.573 e. The van der Waals surface area contributed by atoms with Crippen LogP contribution in [0, 0.1) is 0 Å². The summed E-state index contributed by atoms with van der Waals surface area (Å²) in [5.74, 6) is -1.66. The molecule has 2 saturated heterocycles. The largest absolute Gasteiger partial charge is 0.573 e. The summed E-state index contributed by atoms with van der Waals surface area (Å²) >= 11 is 0. The van der Waals surface area contributed by atoms with Gasteiger partial charge in [-0.05, 0) is 51.1 Å². The molecule has 0 atom stereocenters. The second-order valence-electron chi connectivity index (χ2n) is 10.6. The number of alkyl halides is 4. The summed E-state index contributed by atoms with van der Waals surface area (Å²) < 4.78 is 63.4. The van der Waals surface area contributed by atoms with Gasteiger partial charge in [-0.15, -0.1) is 13.2 Å². The molecule has 0 spiro atoms. The lowest BCUT2D eigenvalue weighted by atomic mass is 9.91. The number of fused-ring (bicyclic) bond motifs is 1. The maximum atomic E-state index is 14.7. The smallest absolute Gasteiger partial charge is 0.444 e. The third kappa shape index (κ3) is 5.14. The van der Waals surface area contributed by atoms with Crippen molar-refractivity contribution in [2.75, 3.05) is 31.1 Å². The lowest BCUT2D eigenvalue weighted by molar-refractivity contribution is -0.274. The molecule has 0 unspecified atom stereocenters. The Balaban J connectivity index is 1.51. The Morgan fingerprint density at radius 1 is 1.08 bits per heavy atom. The zero-order valence-corrected chi connectivity index (χ0v) is 21.3. The number of pyridine rings is 1. The van der Waals surface area contributed by atoms with E-state index in [9.17, 15) is 27.2 Å². The van der Waals surface area contributed by atoms with Crippen LogP contribution in [0.15, 0.2) is 36.5 Å². The zero-order chi connectivity index (χ0) is 28.3. The number of hydrogen-bond acceptors (Lipinski definition) is 7. The van der Waals surface area contributed by atoms with Gasteiger partial charge in [0.05, 0.1) is 35.5 Å². The monoisotopic (exact) mass is 550 g/mol. The van der Waals surface area contributed by atoms with Crippen molar-refractivity contribution >= 4 is 28.7 Å². The normalized spacial score (nSPS) is 17.5. The molecule has 2 aliphatic rings. The number of anilines is 1. The molecular weight excluding hydrogens is 524 g/mol. The number of amides is 2. The first-order valence-corrected chi connectivity index (χ1v) is 12.1. The standard InChI is InChI=1S/C25H26F4N6O4/c1-23(2,3)39-22(37)33-10-14(11-33)19-18-17(34-12-24(26,13-34)21(30)36)8-9-31-20(18)35(32-19)15-4-6-16(7-5-15)38-25(27,28)29/h4-9,14H,10-13H2,1-3H3,(H2,30,36). The quantitative estimate of drug-likeness (QED) is 0.482. The van der Waals surface area contributed by atoms with Crippen LogP contribution in [-0.4, -0.2) is 75.5 Å². The van der Waals surface area contributed by atoms with Crippen LogP contribution in [0.4, 0.5) is 28.0 Å². The van der Waals surface area contributed by atoms with Crippen LogP contribution < -0.4 is 15.4 Å². The van der Waals surface area contributed by atoms with Gasteiger partial charge in [-0.25, -0.2) is 18.9 Å². The molecule has 3 aromatic rings. The average molecular weight is 551 g/mol. The van der Waals surface area contributed by atoms with E-state index in [1.807, 2.05) is 0 Å². The Morgan fingerprint density at radius 2 is 1.72 bits per heavy atom. The summed E-state index contributed by atoms with van der Waals surface area (Å²) in [7, 11) is 0. The van der Waals surface area contributed by atoms with Gasteiger partial charge in [0, 0.05) is 25.2 Å². The number of benzene rings is 1. The minimum atomic E-state index is -4.83.